The Kier molecular flexibility index (Phi) is 13.8. The van der Waals surface area contributed by atoms with Crippen LogP contribution in [0.3, 0.4) is 0 Å². The summed E-state index contributed by atoms with van der Waals surface area (Å²) in [6, 6.07) is 9.87. The Morgan fingerprint density at radius 2 is 1.09 bits per heavy atom. The molecule has 0 fully saturated rings. The average Bonchev–Trinajstić information content (AvgIpc) is 2.81. The lowest BCUT2D eigenvalue weighted by molar-refractivity contribution is 0.481. The molecule has 2 aromatic rings. The zero-order valence-corrected chi connectivity index (χ0v) is 22.6. The monoisotopic (exact) mass is 488 g/mol. The van der Waals surface area contributed by atoms with Gasteiger partial charge in [-0.3, -0.25) is 4.55 Å². The van der Waals surface area contributed by atoms with Gasteiger partial charge in [0.25, 0.3) is 10.1 Å². The second-order valence-corrected chi connectivity index (χ2v) is 11.4. The highest BCUT2D eigenvalue weighted by molar-refractivity contribution is 7.85. The maximum absolute atomic E-state index is 12.1. The average molecular weight is 489 g/mol. The van der Waals surface area contributed by atoms with Crippen molar-refractivity contribution < 1.29 is 13.0 Å². The van der Waals surface area contributed by atoms with Crippen LogP contribution < -0.4 is 0 Å². The van der Waals surface area contributed by atoms with E-state index in [2.05, 4.69) is 19.9 Å². The van der Waals surface area contributed by atoms with Crippen molar-refractivity contribution in [2.75, 3.05) is 0 Å². The number of hydrogen-bond acceptors (Lipinski definition) is 2. The fraction of sp³-hybridized carbons (Fsp3) is 0.667. The summed E-state index contributed by atoms with van der Waals surface area (Å²) in [7, 11) is -4.23. The van der Waals surface area contributed by atoms with Gasteiger partial charge in [-0.05, 0) is 59.7 Å². The lowest BCUT2D eigenvalue weighted by Gasteiger charge is -2.13. The molecule has 34 heavy (non-hydrogen) atoms. The Morgan fingerprint density at radius 3 is 1.59 bits per heavy atom. The van der Waals surface area contributed by atoms with E-state index in [9.17, 15) is 13.0 Å². The van der Waals surface area contributed by atoms with Crippen LogP contribution in [-0.2, 0) is 23.0 Å². The quantitative estimate of drug-likeness (QED) is 0.158. The van der Waals surface area contributed by atoms with Gasteiger partial charge in [-0.2, -0.15) is 8.42 Å². The molecule has 0 saturated heterocycles. The molecule has 0 spiro atoms. The molecule has 3 nitrogen and oxygen atoms in total. The summed E-state index contributed by atoms with van der Waals surface area (Å²) in [6.07, 6.45) is 21.8. The van der Waals surface area contributed by atoms with Gasteiger partial charge in [0.2, 0.25) is 0 Å². The summed E-state index contributed by atoms with van der Waals surface area (Å²) in [6.45, 7) is 4.49. The first-order valence-electron chi connectivity index (χ1n) is 14.0. The van der Waals surface area contributed by atoms with Crippen molar-refractivity contribution in [2.24, 2.45) is 0 Å². The standard InChI is InChI=1S/C30H48O3S/c1-3-5-7-9-11-13-15-17-20-26-22-19-23-27-25-30(34(31,32)33)28(24-29(26)27)21-18-16-14-12-10-8-6-4-2/h19,22-25H,3-18,20-21H2,1-2H3,(H,31,32,33). The Balaban J connectivity index is 1.98. The number of aryl methyl sites for hydroxylation is 2. The van der Waals surface area contributed by atoms with Crippen LogP contribution in [0.4, 0.5) is 0 Å². The Labute approximate surface area is 209 Å². The molecular formula is C30H48O3S. The predicted octanol–water partition coefficient (Wildman–Crippen LogP) is 9.45. The van der Waals surface area contributed by atoms with Crippen molar-refractivity contribution in [1.82, 2.24) is 0 Å². The van der Waals surface area contributed by atoms with E-state index in [-0.39, 0.29) is 4.90 Å². The molecule has 0 amide bonds. The largest absolute Gasteiger partial charge is 0.294 e. The van der Waals surface area contributed by atoms with E-state index in [1.54, 1.807) is 6.07 Å². The van der Waals surface area contributed by atoms with Crippen LogP contribution in [0.2, 0.25) is 0 Å². The van der Waals surface area contributed by atoms with Gasteiger partial charge in [-0.25, -0.2) is 0 Å². The van der Waals surface area contributed by atoms with Gasteiger partial charge in [0, 0.05) is 0 Å². The highest BCUT2D eigenvalue weighted by Crippen LogP contribution is 2.29. The minimum Gasteiger partial charge on any atom is -0.282 e. The lowest BCUT2D eigenvalue weighted by Crippen LogP contribution is -2.04. The van der Waals surface area contributed by atoms with E-state index in [0.29, 0.717) is 6.42 Å². The molecule has 4 heteroatoms. The lowest BCUT2D eigenvalue weighted by atomic mass is 9.95. The fourth-order valence-electron chi connectivity index (χ4n) is 4.97. The Bertz CT molecular complexity index is 933. The molecule has 0 aromatic heterocycles. The third-order valence-electron chi connectivity index (χ3n) is 7.03. The van der Waals surface area contributed by atoms with Crippen molar-refractivity contribution in [3.05, 3.63) is 41.5 Å². The van der Waals surface area contributed by atoms with Crippen LogP contribution in [-0.4, -0.2) is 13.0 Å². The van der Waals surface area contributed by atoms with Crippen LogP contribution in [0.5, 0.6) is 0 Å². The molecule has 0 unspecified atom stereocenters. The number of rotatable bonds is 19. The molecule has 0 radical (unpaired) electrons. The minimum absolute atomic E-state index is 0.0900. The molecule has 0 aliphatic rings. The maximum Gasteiger partial charge on any atom is 0.294 e. The zero-order valence-electron chi connectivity index (χ0n) is 21.8. The minimum atomic E-state index is -4.23. The zero-order chi connectivity index (χ0) is 24.7. The molecule has 192 valence electrons. The maximum atomic E-state index is 12.1. The molecule has 0 atom stereocenters. The third-order valence-corrected chi connectivity index (χ3v) is 7.96. The second-order valence-electron chi connectivity index (χ2n) is 10.0. The van der Waals surface area contributed by atoms with Crippen molar-refractivity contribution in [2.45, 2.75) is 134 Å². The highest BCUT2D eigenvalue weighted by Gasteiger charge is 2.17. The summed E-state index contributed by atoms with van der Waals surface area (Å²) in [4.78, 5) is 0.0900. The SMILES string of the molecule is CCCCCCCCCCc1cc2c(CCCCCCCCCC)cccc2cc1S(=O)(=O)O. The van der Waals surface area contributed by atoms with E-state index in [1.165, 1.54) is 95.5 Å². The van der Waals surface area contributed by atoms with Crippen LogP contribution in [0.15, 0.2) is 35.2 Å². The highest BCUT2D eigenvalue weighted by atomic mass is 32.2. The summed E-state index contributed by atoms with van der Waals surface area (Å²) in [5.41, 5.74) is 2.06. The summed E-state index contributed by atoms with van der Waals surface area (Å²) in [5, 5.41) is 2.05. The van der Waals surface area contributed by atoms with Crippen LogP contribution in [0.1, 0.15) is 128 Å². The molecule has 2 aromatic carbocycles. The molecule has 2 rings (SSSR count). The number of fused-ring (bicyclic) bond motifs is 1. The normalized spacial score (nSPS) is 12.0. The van der Waals surface area contributed by atoms with Crippen LogP contribution in [0.25, 0.3) is 10.8 Å². The molecular weight excluding hydrogens is 440 g/mol. The van der Waals surface area contributed by atoms with Crippen LogP contribution in [0, 0.1) is 0 Å². The Hall–Kier alpha value is -1.39. The van der Waals surface area contributed by atoms with Gasteiger partial charge in [0.05, 0.1) is 4.90 Å². The van der Waals surface area contributed by atoms with Gasteiger partial charge in [0.15, 0.2) is 0 Å². The Morgan fingerprint density at radius 1 is 0.618 bits per heavy atom. The third kappa shape index (κ3) is 10.5. The second kappa shape index (κ2) is 16.3. The van der Waals surface area contributed by atoms with E-state index in [0.717, 1.165) is 35.6 Å². The van der Waals surface area contributed by atoms with Gasteiger partial charge < -0.3 is 0 Å². The van der Waals surface area contributed by atoms with Crippen molar-refractivity contribution in [1.29, 1.82) is 0 Å². The molecule has 0 saturated carbocycles. The van der Waals surface area contributed by atoms with Gasteiger partial charge in [-0.15, -0.1) is 0 Å². The topological polar surface area (TPSA) is 54.4 Å². The fourth-order valence-corrected chi connectivity index (χ4v) is 5.73. The van der Waals surface area contributed by atoms with Gasteiger partial charge in [-0.1, -0.05) is 122 Å². The molecule has 0 aliphatic heterocycles. The van der Waals surface area contributed by atoms with Crippen molar-refractivity contribution in [3.63, 3.8) is 0 Å². The van der Waals surface area contributed by atoms with Crippen molar-refractivity contribution in [3.8, 4) is 0 Å². The summed E-state index contributed by atoms with van der Waals surface area (Å²) in [5.74, 6) is 0. The first-order chi connectivity index (χ1) is 16.5. The van der Waals surface area contributed by atoms with E-state index < -0.39 is 10.1 Å². The summed E-state index contributed by atoms with van der Waals surface area (Å²) < 4.78 is 34.1. The van der Waals surface area contributed by atoms with Gasteiger partial charge in [0.1, 0.15) is 0 Å². The molecule has 1 N–H and O–H groups in total. The number of hydrogen-bond donors (Lipinski definition) is 1. The van der Waals surface area contributed by atoms with Crippen molar-refractivity contribution >= 4 is 20.9 Å². The molecule has 0 bridgehead atoms. The van der Waals surface area contributed by atoms with Crippen LogP contribution >= 0.6 is 0 Å². The van der Waals surface area contributed by atoms with E-state index >= 15 is 0 Å². The molecule has 0 heterocycles. The van der Waals surface area contributed by atoms with E-state index in [1.807, 2.05) is 18.2 Å². The first kappa shape index (κ1) is 28.8. The predicted molar refractivity (Wildman–Crippen MR) is 146 cm³/mol. The van der Waals surface area contributed by atoms with E-state index in [4.69, 9.17) is 0 Å². The van der Waals surface area contributed by atoms with Gasteiger partial charge >= 0.3 is 0 Å². The molecule has 0 aliphatic carbocycles. The smallest absolute Gasteiger partial charge is 0.282 e. The first-order valence-corrected chi connectivity index (χ1v) is 15.4. The summed E-state index contributed by atoms with van der Waals surface area (Å²) >= 11 is 0. The number of benzene rings is 2. The number of unbranched alkanes of at least 4 members (excludes halogenated alkanes) is 14.